The minimum atomic E-state index is -0.207. The number of aromatic nitrogens is 4. The molecule has 8 nitrogen and oxygen atoms in total. The van der Waals surface area contributed by atoms with Gasteiger partial charge < -0.3 is 13.7 Å². The van der Waals surface area contributed by atoms with E-state index in [0.717, 1.165) is 25.2 Å². The molecule has 1 saturated heterocycles. The lowest BCUT2D eigenvalue weighted by Gasteiger charge is -2.34. The van der Waals surface area contributed by atoms with Crippen LogP contribution in [0.5, 0.6) is 0 Å². The third-order valence-electron chi connectivity index (χ3n) is 4.35. The normalized spacial score (nSPS) is 25.5. The van der Waals surface area contributed by atoms with Crippen LogP contribution in [-0.4, -0.2) is 44.4 Å². The van der Waals surface area contributed by atoms with E-state index in [1.54, 1.807) is 0 Å². The van der Waals surface area contributed by atoms with Crippen molar-refractivity contribution in [3.05, 3.63) is 23.5 Å². The SMILES string of the molecule is CC(C)c1nnc(CN2C[C@@H](C)O[C@@H](c3nc(C4CC4)no3)C2)o1. The minimum Gasteiger partial charge on any atom is -0.424 e. The Morgan fingerprint density at radius 2 is 2.04 bits per heavy atom. The highest BCUT2D eigenvalue weighted by Crippen LogP contribution is 2.39. The fraction of sp³-hybridized carbons (Fsp3) is 0.750. The maximum atomic E-state index is 5.99. The first-order chi connectivity index (χ1) is 11.6. The lowest BCUT2D eigenvalue weighted by Crippen LogP contribution is -2.42. The van der Waals surface area contributed by atoms with Crippen LogP contribution >= 0.6 is 0 Å². The summed E-state index contributed by atoms with van der Waals surface area (Å²) in [4.78, 5) is 6.75. The van der Waals surface area contributed by atoms with Gasteiger partial charge in [-0.15, -0.1) is 10.2 Å². The Balaban J connectivity index is 1.43. The summed E-state index contributed by atoms with van der Waals surface area (Å²) in [6.45, 7) is 8.21. The Kier molecular flexibility index (Phi) is 4.09. The van der Waals surface area contributed by atoms with E-state index in [0.29, 0.717) is 36.7 Å². The standard InChI is InChI=1S/C16H23N5O3/c1-9(2)15-19-18-13(23-15)8-21-6-10(3)22-12(7-21)16-17-14(20-24-16)11-4-5-11/h9-12H,4-8H2,1-3H3/t10-,12-/m1/s1. The second-order valence-corrected chi connectivity index (χ2v) is 7.08. The smallest absolute Gasteiger partial charge is 0.257 e. The van der Waals surface area contributed by atoms with Crippen molar-refractivity contribution >= 4 is 0 Å². The van der Waals surface area contributed by atoms with Crippen LogP contribution in [0.25, 0.3) is 0 Å². The molecule has 2 aromatic rings. The average molecular weight is 333 g/mol. The van der Waals surface area contributed by atoms with E-state index in [2.05, 4.69) is 25.2 Å². The summed E-state index contributed by atoms with van der Waals surface area (Å²) in [5.74, 6) is 3.41. The predicted octanol–water partition coefficient (Wildman–Crippen LogP) is 2.42. The maximum absolute atomic E-state index is 5.99. The van der Waals surface area contributed by atoms with E-state index in [9.17, 15) is 0 Å². The molecule has 0 unspecified atom stereocenters. The second kappa shape index (κ2) is 6.25. The van der Waals surface area contributed by atoms with E-state index in [4.69, 9.17) is 13.7 Å². The van der Waals surface area contributed by atoms with Gasteiger partial charge in [0.1, 0.15) is 6.10 Å². The van der Waals surface area contributed by atoms with Gasteiger partial charge in [-0.05, 0) is 19.8 Å². The molecule has 0 aromatic carbocycles. The summed E-state index contributed by atoms with van der Waals surface area (Å²) >= 11 is 0. The molecule has 4 rings (SSSR count). The lowest BCUT2D eigenvalue weighted by atomic mass is 10.2. The quantitative estimate of drug-likeness (QED) is 0.824. The number of hydrogen-bond acceptors (Lipinski definition) is 8. The summed E-state index contributed by atoms with van der Waals surface area (Å²) in [7, 11) is 0. The van der Waals surface area contributed by atoms with Crippen molar-refractivity contribution in [2.75, 3.05) is 13.1 Å². The first kappa shape index (κ1) is 15.7. The Bertz CT molecular complexity index is 693. The zero-order valence-electron chi connectivity index (χ0n) is 14.3. The van der Waals surface area contributed by atoms with Crippen LogP contribution in [0.1, 0.15) is 75.0 Å². The van der Waals surface area contributed by atoms with Gasteiger partial charge in [-0.1, -0.05) is 19.0 Å². The average Bonchev–Trinajstić information content (AvgIpc) is 3.08. The van der Waals surface area contributed by atoms with E-state index in [-0.39, 0.29) is 18.1 Å². The van der Waals surface area contributed by atoms with Crippen LogP contribution in [0.2, 0.25) is 0 Å². The first-order valence-electron chi connectivity index (χ1n) is 8.62. The third kappa shape index (κ3) is 3.34. The fourth-order valence-electron chi connectivity index (χ4n) is 2.95. The molecule has 0 spiro atoms. The second-order valence-electron chi connectivity index (χ2n) is 7.08. The molecule has 0 bridgehead atoms. The number of nitrogens with zero attached hydrogens (tertiary/aromatic N) is 5. The summed E-state index contributed by atoms with van der Waals surface area (Å²) in [5.41, 5.74) is 0. The van der Waals surface area contributed by atoms with E-state index in [1.807, 2.05) is 20.8 Å². The van der Waals surface area contributed by atoms with Gasteiger partial charge in [-0.25, -0.2) is 0 Å². The highest BCUT2D eigenvalue weighted by atomic mass is 16.5. The van der Waals surface area contributed by atoms with Crippen molar-refractivity contribution in [3.63, 3.8) is 0 Å². The largest absolute Gasteiger partial charge is 0.424 e. The first-order valence-corrected chi connectivity index (χ1v) is 8.62. The monoisotopic (exact) mass is 333 g/mol. The molecular weight excluding hydrogens is 310 g/mol. The van der Waals surface area contributed by atoms with Crippen molar-refractivity contribution in [2.45, 2.75) is 64.2 Å². The Morgan fingerprint density at radius 3 is 2.75 bits per heavy atom. The Labute approximate surface area is 140 Å². The van der Waals surface area contributed by atoms with Crippen LogP contribution in [0.3, 0.4) is 0 Å². The molecular formula is C16H23N5O3. The van der Waals surface area contributed by atoms with Crippen LogP contribution in [-0.2, 0) is 11.3 Å². The van der Waals surface area contributed by atoms with Gasteiger partial charge in [-0.3, -0.25) is 4.90 Å². The van der Waals surface area contributed by atoms with E-state index < -0.39 is 0 Å². The summed E-state index contributed by atoms with van der Waals surface area (Å²) in [5, 5.41) is 12.3. The minimum absolute atomic E-state index is 0.0764. The van der Waals surface area contributed by atoms with Gasteiger partial charge in [0.2, 0.25) is 11.8 Å². The fourth-order valence-corrected chi connectivity index (χ4v) is 2.95. The molecule has 0 amide bonds. The van der Waals surface area contributed by atoms with E-state index >= 15 is 0 Å². The summed E-state index contributed by atoms with van der Waals surface area (Å²) in [6, 6.07) is 0. The van der Waals surface area contributed by atoms with Gasteiger partial charge in [0.05, 0.1) is 12.6 Å². The molecule has 2 aliphatic rings. The molecule has 3 heterocycles. The number of morpholine rings is 1. The zero-order valence-corrected chi connectivity index (χ0v) is 14.3. The predicted molar refractivity (Wildman–Crippen MR) is 83.2 cm³/mol. The number of hydrogen-bond donors (Lipinski definition) is 0. The number of rotatable bonds is 5. The summed E-state index contributed by atoms with van der Waals surface area (Å²) < 4.78 is 17.1. The molecule has 2 fully saturated rings. The van der Waals surface area contributed by atoms with Crippen LogP contribution in [0, 0.1) is 0 Å². The molecule has 8 heteroatoms. The molecule has 0 radical (unpaired) electrons. The van der Waals surface area contributed by atoms with Crippen LogP contribution in [0.15, 0.2) is 8.94 Å². The van der Waals surface area contributed by atoms with Gasteiger partial charge in [-0.2, -0.15) is 4.98 Å². The molecule has 1 aliphatic carbocycles. The van der Waals surface area contributed by atoms with Gasteiger partial charge >= 0.3 is 0 Å². The van der Waals surface area contributed by atoms with Gasteiger partial charge in [0.15, 0.2) is 5.82 Å². The van der Waals surface area contributed by atoms with Crippen LogP contribution < -0.4 is 0 Å². The maximum Gasteiger partial charge on any atom is 0.257 e. The summed E-state index contributed by atoms with van der Waals surface area (Å²) in [6.07, 6.45) is 2.18. The highest BCUT2D eigenvalue weighted by molar-refractivity contribution is 5.05. The molecule has 2 atom stereocenters. The molecule has 24 heavy (non-hydrogen) atoms. The molecule has 130 valence electrons. The van der Waals surface area contributed by atoms with Crippen LogP contribution in [0.4, 0.5) is 0 Å². The molecule has 2 aromatic heterocycles. The van der Waals surface area contributed by atoms with Crippen molar-refractivity contribution in [1.82, 2.24) is 25.2 Å². The van der Waals surface area contributed by atoms with Crippen molar-refractivity contribution in [3.8, 4) is 0 Å². The molecule has 1 aliphatic heterocycles. The topological polar surface area (TPSA) is 90.3 Å². The number of ether oxygens (including phenoxy) is 1. The molecule has 1 saturated carbocycles. The van der Waals surface area contributed by atoms with Gasteiger partial charge in [0, 0.05) is 24.9 Å². The van der Waals surface area contributed by atoms with Gasteiger partial charge in [0.25, 0.3) is 5.89 Å². The third-order valence-corrected chi connectivity index (χ3v) is 4.35. The highest BCUT2D eigenvalue weighted by Gasteiger charge is 2.34. The Hall–Kier alpha value is -1.80. The zero-order chi connectivity index (χ0) is 16.7. The van der Waals surface area contributed by atoms with Crippen molar-refractivity contribution < 1.29 is 13.7 Å². The van der Waals surface area contributed by atoms with E-state index in [1.165, 1.54) is 0 Å². The molecule has 0 N–H and O–H groups in total. The lowest BCUT2D eigenvalue weighted by molar-refractivity contribution is -0.0945. The van der Waals surface area contributed by atoms with Crippen molar-refractivity contribution in [1.29, 1.82) is 0 Å². The Morgan fingerprint density at radius 1 is 1.21 bits per heavy atom. The van der Waals surface area contributed by atoms with Crippen molar-refractivity contribution in [2.24, 2.45) is 0 Å².